The molecule has 1 saturated heterocycles. The second kappa shape index (κ2) is 9.69. The minimum absolute atomic E-state index is 0.258. The van der Waals surface area contributed by atoms with Crippen LogP contribution >= 0.6 is 15.9 Å². The SMILES string of the molecule is CN(C)CCC(Br)=NOCC(O)CN1CCCCC1. The van der Waals surface area contributed by atoms with Crippen LogP contribution in [0.4, 0.5) is 0 Å². The summed E-state index contributed by atoms with van der Waals surface area (Å²) in [6, 6.07) is 0. The monoisotopic (exact) mass is 335 g/mol. The van der Waals surface area contributed by atoms with Gasteiger partial charge in [-0.05, 0) is 56.0 Å². The molecule has 1 aliphatic rings. The van der Waals surface area contributed by atoms with Crippen molar-refractivity contribution in [1.29, 1.82) is 0 Å². The van der Waals surface area contributed by atoms with E-state index in [-0.39, 0.29) is 6.61 Å². The molecule has 0 radical (unpaired) electrons. The van der Waals surface area contributed by atoms with Gasteiger partial charge in [-0.3, -0.25) is 0 Å². The standard InChI is InChI=1S/C13H26BrN3O2/c1-16(2)9-6-13(14)15-19-11-12(18)10-17-7-4-3-5-8-17/h12,18H,3-11H2,1-2H3. The molecular weight excluding hydrogens is 310 g/mol. The van der Waals surface area contributed by atoms with E-state index in [1.54, 1.807) is 0 Å². The number of aliphatic hydroxyl groups is 1. The minimum Gasteiger partial charge on any atom is -0.392 e. The Morgan fingerprint density at radius 3 is 2.68 bits per heavy atom. The van der Waals surface area contributed by atoms with Crippen molar-refractivity contribution < 1.29 is 9.94 Å². The molecule has 1 rings (SSSR count). The van der Waals surface area contributed by atoms with Crippen molar-refractivity contribution in [3.63, 3.8) is 0 Å². The first kappa shape index (κ1) is 16.9. The number of oxime groups is 1. The molecule has 0 spiro atoms. The van der Waals surface area contributed by atoms with E-state index in [9.17, 15) is 5.11 Å². The molecule has 5 nitrogen and oxygen atoms in total. The summed E-state index contributed by atoms with van der Waals surface area (Å²) in [7, 11) is 4.03. The third-order valence-electron chi connectivity index (χ3n) is 3.11. The van der Waals surface area contributed by atoms with Gasteiger partial charge in [-0.2, -0.15) is 0 Å². The zero-order valence-electron chi connectivity index (χ0n) is 12.0. The summed E-state index contributed by atoms with van der Waals surface area (Å²) in [5.74, 6) is 0. The van der Waals surface area contributed by atoms with E-state index in [1.807, 2.05) is 14.1 Å². The molecule has 1 fully saturated rings. The molecule has 0 bridgehead atoms. The fraction of sp³-hybridized carbons (Fsp3) is 0.923. The Bertz CT molecular complexity index is 269. The Kier molecular flexibility index (Phi) is 8.61. The molecule has 0 aromatic carbocycles. The number of β-amino-alcohol motifs (C(OH)–C–C–N with tert-alkyl or cyclic N) is 1. The van der Waals surface area contributed by atoms with Crippen molar-refractivity contribution in [3.8, 4) is 0 Å². The van der Waals surface area contributed by atoms with Crippen LogP contribution in [0.2, 0.25) is 0 Å². The average Bonchev–Trinajstić information content (AvgIpc) is 2.37. The summed E-state index contributed by atoms with van der Waals surface area (Å²) in [6.45, 7) is 4.04. The summed E-state index contributed by atoms with van der Waals surface area (Å²) < 4.78 is 0.784. The van der Waals surface area contributed by atoms with Gasteiger partial charge in [0.2, 0.25) is 0 Å². The summed E-state index contributed by atoms with van der Waals surface area (Å²) >= 11 is 3.36. The number of rotatable bonds is 8. The van der Waals surface area contributed by atoms with Crippen LogP contribution in [-0.2, 0) is 4.84 Å². The Morgan fingerprint density at radius 2 is 2.05 bits per heavy atom. The Morgan fingerprint density at radius 1 is 1.37 bits per heavy atom. The highest BCUT2D eigenvalue weighted by Gasteiger charge is 2.14. The smallest absolute Gasteiger partial charge is 0.144 e. The second-order valence-corrected chi connectivity index (χ2v) is 6.25. The van der Waals surface area contributed by atoms with E-state index in [0.29, 0.717) is 6.54 Å². The molecule has 112 valence electrons. The lowest BCUT2D eigenvalue weighted by Gasteiger charge is -2.27. The van der Waals surface area contributed by atoms with Gasteiger partial charge in [0.25, 0.3) is 0 Å². The first-order valence-electron chi connectivity index (χ1n) is 6.97. The minimum atomic E-state index is -0.462. The van der Waals surface area contributed by atoms with Gasteiger partial charge in [-0.15, -0.1) is 0 Å². The van der Waals surface area contributed by atoms with E-state index in [4.69, 9.17) is 4.84 Å². The van der Waals surface area contributed by atoms with Crippen LogP contribution in [0.25, 0.3) is 0 Å². The van der Waals surface area contributed by atoms with Gasteiger partial charge < -0.3 is 19.7 Å². The van der Waals surface area contributed by atoms with Crippen molar-refractivity contribution in [2.45, 2.75) is 31.8 Å². The predicted molar refractivity (Wildman–Crippen MR) is 81.8 cm³/mol. The lowest BCUT2D eigenvalue weighted by molar-refractivity contribution is 0.0159. The van der Waals surface area contributed by atoms with Crippen LogP contribution in [0, 0.1) is 0 Å². The summed E-state index contributed by atoms with van der Waals surface area (Å²) in [5, 5.41) is 13.8. The van der Waals surface area contributed by atoms with Crippen molar-refractivity contribution in [1.82, 2.24) is 9.80 Å². The quantitative estimate of drug-likeness (QED) is 0.539. The Balaban J connectivity index is 2.11. The summed E-state index contributed by atoms with van der Waals surface area (Å²) in [6.07, 6.45) is 4.14. The molecule has 0 amide bonds. The molecule has 6 heteroatoms. The highest BCUT2D eigenvalue weighted by atomic mass is 79.9. The van der Waals surface area contributed by atoms with Crippen molar-refractivity contribution >= 4 is 20.6 Å². The van der Waals surface area contributed by atoms with Crippen LogP contribution in [-0.4, -0.2) is 72.5 Å². The van der Waals surface area contributed by atoms with Crippen LogP contribution in [0.15, 0.2) is 5.16 Å². The van der Waals surface area contributed by atoms with E-state index in [1.165, 1.54) is 19.3 Å². The van der Waals surface area contributed by atoms with Gasteiger partial charge in [0.1, 0.15) is 17.3 Å². The van der Waals surface area contributed by atoms with Crippen LogP contribution in [0.1, 0.15) is 25.7 Å². The van der Waals surface area contributed by atoms with Crippen LogP contribution in [0.5, 0.6) is 0 Å². The molecular formula is C13H26BrN3O2. The highest BCUT2D eigenvalue weighted by Crippen LogP contribution is 2.09. The maximum atomic E-state index is 9.87. The Hall–Kier alpha value is -0.170. The Labute approximate surface area is 124 Å². The maximum absolute atomic E-state index is 9.87. The number of aliphatic hydroxyl groups excluding tert-OH is 1. The van der Waals surface area contributed by atoms with Crippen molar-refractivity contribution in [2.24, 2.45) is 5.16 Å². The molecule has 1 heterocycles. The van der Waals surface area contributed by atoms with Crippen molar-refractivity contribution in [3.05, 3.63) is 0 Å². The molecule has 1 N–H and O–H groups in total. The van der Waals surface area contributed by atoms with Gasteiger partial charge in [0, 0.05) is 19.5 Å². The fourth-order valence-corrected chi connectivity index (χ4v) is 2.33. The molecule has 1 atom stereocenters. The fourth-order valence-electron chi connectivity index (χ4n) is 2.05. The number of piperidine rings is 1. The molecule has 0 aromatic heterocycles. The zero-order valence-corrected chi connectivity index (χ0v) is 13.6. The van der Waals surface area contributed by atoms with Gasteiger partial charge >= 0.3 is 0 Å². The number of nitrogens with zero attached hydrogens (tertiary/aromatic N) is 3. The maximum Gasteiger partial charge on any atom is 0.144 e. The molecule has 1 aliphatic heterocycles. The van der Waals surface area contributed by atoms with E-state index in [0.717, 1.165) is 30.7 Å². The highest BCUT2D eigenvalue weighted by molar-refractivity contribution is 9.18. The normalized spacial score (nSPS) is 19.7. The number of halogens is 1. The largest absolute Gasteiger partial charge is 0.392 e. The van der Waals surface area contributed by atoms with Gasteiger partial charge in [-0.1, -0.05) is 11.6 Å². The summed E-state index contributed by atoms with van der Waals surface area (Å²) in [5.41, 5.74) is 0. The number of hydrogen-bond donors (Lipinski definition) is 1. The third-order valence-corrected chi connectivity index (χ3v) is 3.65. The topological polar surface area (TPSA) is 48.3 Å². The van der Waals surface area contributed by atoms with Gasteiger partial charge in [-0.25, -0.2) is 0 Å². The average molecular weight is 336 g/mol. The molecule has 0 saturated carbocycles. The lowest BCUT2D eigenvalue weighted by atomic mass is 10.1. The van der Waals surface area contributed by atoms with Crippen molar-refractivity contribution in [2.75, 3.05) is 46.9 Å². The van der Waals surface area contributed by atoms with E-state index in [2.05, 4.69) is 30.9 Å². The molecule has 0 aliphatic carbocycles. The first-order chi connectivity index (χ1) is 9.08. The number of hydrogen-bond acceptors (Lipinski definition) is 5. The molecule has 0 aromatic rings. The van der Waals surface area contributed by atoms with E-state index >= 15 is 0 Å². The zero-order chi connectivity index (χ0) is 14.1. The van der Waals surface area contributed by atoms with Crippen LogP contribution in [0.3, 0.4) is 0 Å². The van der Waals surface area contributed by atoms with Gasteiger partial charge in [0.05, 0.1) is 0 Å². The summed E-state index contributed by atoms with van der Waals surface area (Å²) in [4.78, 5) is 9.56. The first-order valence-corrected chi connectivity index (χ1v) is 7.76. The lowest BCUT2D eigenvalue weighted by Crippen LogP contribution is -2.38. The van der Waals surface area contributed by atoms with Crippen LogP contribution < -0.4 is 0 Å². The number of likely N-dealkylation sites (tertiary alicyclic amines) is 1. The third kappa shape index (κ3) is 8.57. The van der Waals surface area contributed by atoms with E-state index < -0.39 is 6.10 Å². The van der Waals surface area contributed by atoms with Gasteiger partial charge in [0.15, 0.2) is 0 Å². The predicted octanol–water partition coefficient (Wildman–Crippen LogP) is 1.51. The second-order valence-electron chi connectivity index (χ2n) is 5.33. The molecule has 1 unspecified atom stereocenters. The molecule has 19 heavy (non-hydrogen) atoms.